The zero-order valence-electron chi connectivity index (χ0n) is 19.3. The molecule has 3 rings (SSSR count). The predicted molar refractivity (Wildman–Crippen MR) is 119 cm³/mol. The lowest BCUT2D eigenvalue weighted by molar-refractivity contribution is -0.159. The second-order valence-electron chi connectivity index (χ2n) is 8.86. The largest absolute Gasteiger partial charge is 0.466 e. The molecule has 0 radical (unpaired) electrons. The number of esters is 2. The van der Waals surface area contributed by atoms with Gasteiger partial charge in [0, 0.05) is 4.47 Å². The Morgan fingerprint density at radius 3 is 2.21 bits per heavy atom. The molecular formula is C23H26BrNO8. The molecule has 1 aliphatic carbocycles. The molecule has 1 aliphatic heterocycles. The minimum Gasteiger partial charge on any atom is -0.466 e. The monoisotopic (exact) mass is 523 g/mol. The van der Waals surface area contributed by atoms with Gasteiger partial charge >= 0.3 is 18.0 Å². The Morgan fingerprint density at radius 2 is 1.70 bits per heavy atom. The van der Waals surface area contributed by atoms with E-state index in [9.17, 15) is 24.0 Å². The first-order valence-electron chi connectivity index (χ1n) is 10.5. The second kappa shape index (κ2) is 8.23. The molecule has 2 amide bonds. The highest BCUT2D eigenvalue weighted by atomic mass is 79.9. The molecule has 33 heavy (non-hydrogen) atoms. The van der Waals surface area contributed by atoms with Crippen molar-refractivity contribution in [2.75, 3.05) is 18.1 Å². The zero-order chi connectivity index (χ0) is 24.9. The number of rotatable bonds is 5. The summed E-state index contributed by atoms with van der Waals surface area (Å²) in [7, 11) is 0. The molecule has 0 aromatic heterocycles. The lowest BCUT2D eigenvalue weighted by Gasteiger charge is -2.24. The van der Waals surface area contributed by atoms with Gasteiger partial charge in [0.2, 0.25) is 5.91 Å². The van der Waals surface area contributed by atoms with E-state index in [0.717, 1.165) is 11.8 Å². The maximum atomic E-state index is 14.0. The van der Waals surface area contributed by atoms with Crippen molar-refractivity contribution in [1.29, 1.82) is 0 Å². The van der Waals surface area contributed by atoms with Crippen LogP contribution in [0.5, 0.6) is 0 Å². The Kier molecular flexibility index (Phi) is 6.21. The van der Waals surface area contributed by atoms with Crippen molar-refractivity contribution in [1.82, 2.24) is 0 Å². The normalized spacial score (nSPS) is 25.5. The molecule has 0 unspecified atom stereocenters. The number of ether oxygens (including phenoxy) is 3. The Hall–Kier alpha value is -2.75. The van der Waals surface area contributed by atoms with Gasteiger partial charge in [-0.05, 0) is 65.3 Å². The fraction of sp³-hybridized carbons (Fsp3) is 0.522. The summed E-state index contributed by atoms with van der Waals surface area (Å²) in [4.78, 5) is 67.2. The van der Waals surface area contributed by atoms with Crippen LogP contribution in [0.1, 0.15) is 47.1 Å². The van der Waals surface area contributed by atoms with Crippen LogP contribution in [0.4, 0.5) is 10.5 Å². The van der Waals surface area contributed by atoms with Crippen LogP contribution in [0.25, 0.3) is 0 Å². The highest BCUT2D eigenvalue weighted by Gasteiger charge is 2.93. The van der Waals surface area contributed by atoms with Crippen LogP contribution < -0.4 is 4.90 Å². The van der Waals surface area contributed by atoms with Crippen molar-refractivity contribution in [3.8, 4) is 0 Å². The van der Waals surface area contributed by atoms with Crippen LogP contribution in [0.3, 0.4) is 0 Å². The number of ketones is 1. The molecule has 1 aromatic rings. The number of hydrogen-bond acceptors (Lipinski definition) is 8. The quantitative estimate of drug-likeness (QED) is 0.327. The molecule has 2 aliphatic rings. The third-order valence-corrected chi connectivity index (χ3v) is 6.31. The third kappa shape index (κ3) is 3.37. The highest BCUT2D eigenvalue weighted by Crippen LogP contribution is 2.75. The van der Waals surface area contributed by atoms with Gasteiger partial charge in [-0.15, -0.1) is 0 Å². The van der Waals surface area contributed by atoms with Crippen LogP contribution in [0.2, 0.25) is 0 Å². The van der Waals surface area contributed by atoms with Crippen LogP contribution in [-0.2, 0) is 38.8 Å². The number of Topliss-reactive ketones (excluding diaryl/α,β-unsaturated/α-hetero) is 1. The summed E-state index contributed by atoms with van der Waals surface area (Å²) in [6.07, 6.45) is -0.983. The topological polar surface area (TPSA) is 116 Å². The van der Waals surface area contributed by atoms with Gasteiger partial charge in [0.1, 0.15) is 22.7 Å². The number of halogens is 1. The van der Waals surface area contributed by atoms with Gasteiger partial charge in [-0.25, -0.2) is 9.69 Å². The SMILES string of the molecule is CCOC(=O)[C@@H]1[C@@](C(C)=O)(C(=O)OCC)[C@]12C(=O)N(C(=O)OC(C)(C)C)c1ccc(Br)cc12. The maximum Gasteiger partial charge on any atom is 0.421 e. The van der Waals surface area contributed by atoms with Gasteiger partial charge in [0.05, 0.1) is 18.9 Å². The standard InChI is InChI=1S/C23H26BrNO8/c1-7-31-17(27)16-22(12(3)26,19(29)32-8-2)23(16)14-11-13(24)9-10-15(14)25(18(23)28)20(30)33-21(4,5)6/h9-11,16H,7-8H2,1-6H3/t16-,22+,23+/m1/s1. The van der Waals surface area contributed by atoms with Crippen LogP contribution in [-0.4, -0.2) is 48.5 Å². The van der Waals surface area contributed by atoms with Crippen molar-refractivity contribution in [3.63, 3.8) is 0 Å². The number of imide groups is 1. The van der Waals surface area contributed by atoms with Gasteiger partial charge in [0.25, 0.3) is 0 Å². The fourth-order valence-electron chi connectivity index (χ4n) is 4.77. The number of anilines is 1. The number of nitrogens with zero attached hydrogens (tertiary/aromatic N) is 1. The number of carbonyl (C=O) groups is 5. The third-order valence-electron chi connectivity index (χ3n) is 5.82. The Labute approximate surface area is 199 Å². The van der Waals surface area contributed by atoms with Crippen molar-refractivity contribution in [3.05, 3.63) is 28.2 Å². The number of fused-ring (bicyclic) bond motifs is 2. The summed E-state index contributed by atoms with van der Waals surface area (Å²) < 4.78 is 16.3. The van der Waals surface area contributed by atoms with Crippen LogP contribution in [0, 0.1) is 11.3 Å². The minimum atomic E-state index is -2.17. The van der Waals surface area contributed by atoms with E-state index in [1.165, 1.54) is 12.1 Å². The zero-order valence-corrected chi connectivity index (χ0v) is 20.9. The van der Waals surface area contributed by atoms with Crippen molar-refractivity contribution in [2.45, 2.75) is 52.6 Å². The summed E-state index contributed by atoms with van der Waals surface area (Å²) in [5, 5.41) is 0. The summed E-state index contributed by atoms with van der Waals surface area (Å²) >= 11 is 3.34. The molecule has 0 bridgehead atoms. The second-order valence-corrected chi connectivity index (χ2v) is 9.78. The molecule has 1 spiro atoms. The molecule has 1 aromatic carbocycles. The molecule has 9 nitrogen and oxygen atoms in total. The first kappa shape index (κ1) is 24.9. The van der Waals surface area contributed by atoms with E-state index in [-0.39, 0.29) is 24.5 Å². The first-order valence-corrected chi connectivity index (χ1v) is 11.3. The van der Waals surface area contributed by atoms with Crippen molar-refractivity contribution in [2.24, 2.45) is 11.3 Å². The average Bonchev–Trinajstić information content (AvgIpc) is 3.27. The molecule has 0 saturated heterocycles. The van der Waals surface area contributed by atoms with E-state index in [2.05, 4.69) is 15.9 Å². The van der Waals surface area contributed by atoms with E-state index >= 15 is 0 Å². The van der Waals surface area contributed by atoms with E-state index < -0.39 is 52.1 Å². The van der Waals surface area contributed by atoms with Gasteiger partial charge < -0.3 is 14.2 Å². The molecular weight excluding hydrogens is 498 g/mol. The fourth-order valence-corrected chi connectivity index (χ4v) is 5.13. The molecule has 1 saturated carbocycles. The van der Waals surface area contributed by atoms with Gasteiger partial charge in [-0.1, -0.05) is 15.9 Å². The molecule has 1 fully saturated rings. The van der Waals surface area contributed by atoms with Crippen molar-refractivity contribution >= 4 is 51.3 Å². The Bertz CT molecular complexity index is 1060. The highest BCUT2D eigenvalue weighted by molar-refractivity contribution is 9.10. The molecule has 178 valence electrons. The van der Waals surface area contributed by atoms with Gasteiger partial charge in [-0.3, -0.25) is 19.2 Å². The van der Waals surface area contributed by atoms with Crippen LogP contribution in [0.15, 0.2) is 22.7 Å². The Balaban J connectivity index is 2.32. The lowest BCUT2D eigenvalue weighted by atomic mass is 9.84. The first-order chi connectivity index (χ1) is 15.3. The number of carbonyl (C=O) groups excluding carboxylic acids is 5. The predicted octanol–water partition coefficient (Wildman–Crippen LogP) is 3.30. The number of amides is 2. The number of benzene rings is 1. The molecule has 1 heterocycles. The Morgan fingerprint density at radius 1 is 1.09 bits per heavy atom. The van der Waals surface area contributed by atoms with Crippen LogP contribution >= 0.6 is 15.9 Å². The summed E-state index contributed by atoms with van der Waals surface area (Å²) in [5.41, 5.74) is -4.79. The summed E-state index contributed by atoms with van der Waals surface area (Å²) in [5.74, 6) is -5.04. The average molecular weight is 524 g/mol. The molecule has 10 heteroatoms. The minimum absolute atomic E-state index is 0.0302. The van der Waals surface area contributed by atoms with E-state index in [1.54, 1.807) is 40.7 Å². The maximum absolute atomic E-state index is 14.0. The lowest BCUT2D eigenvalue weighted by Crippen LogP contribution is -2.45. The molecule has 3 atom stereocenters. The van der Waals surface area contributed by atoms with E-state index in [4.69, 9.17) is 14.2 Å². The van der Waals surface area contributed by atoms with E-state index in [0.29, 0.717) is 4.47 Å². The van der Waals surface area contributed by atoms with Gasteiger partial charge in [0.15, 0.2) is 5.41 Å². The molecule has 0 N–H and O–H groups in total. The van der Waals surface area contributed by atoms with Crippen molar-refractivity contribution < 1.29 is 38.2 Å². The van der Waals surface area contributed by atoms with Gasteiger partial charge in [-0.2, -0.15) is 0 Å². The summed E-state index contributed by atoms with van der Waals surface area (Å²) in [6.45, 7) is 9.06. The number of hydrogen-bond donors (Lipinski definition) is 0. The smallest absolute Gasteiger partial charge is 0.421 e. The van der Waals surface area contributed by atoms with E-state index in [1.807, 2.05) is 0 Å². The summed E-state index contributed by atoms with van der Waals surface area (Å²) in [6, 6.07) is 4.62.